The van der Waals surface area contributed by atoms with Crippen molar-refractivity contribution >= 4 is 11.6 Å². The topological polar surface area (TPSA) is 41.1 Å². The summed E-state index contributed by atoms with van der Waals surface area (Å²) >= 11 is 0. The summed E-state index contributed by atoms with van der Waals surface area (Å²) < 4.78 is 0. The molecule has 2 heterocycles. The van der Waals surface area contributed by atoms with E-state index >= 15 is 0 Å². The van der Waals surface area contributed by atoms with Gasteiger partial charge in [-0.15, -0.1) is 0 Å². The van der Waals surface area contributed by atoms with Crippen molar-refractivity contribution in [2.24, 2.45) is 5.92 Å². The summed E-state index contributed by atoms with van der Waals surface area (Å²) in [5.41, 5.74) is 1.30. The Bertz CT molecular complexity index is 486. The zero-order chi connectivity index (χ0) is 14.8. The van der Waals surface area contributed by atoms with Crippen molar-refractivity contribution in [2.45, 2.75) is 64.8 Å². The van der Waals surface area contributed by atoms with Crippen LogP contribution in [0.3, 0.4) is 0 Å². The van der Waals surface area contributed by atoms with E-state index in [4.69, 9.17) is 4.98 Å². The van der Waals surface area contributed by atoms with Crippen LogP contribution in [0.2, 0.25) is 0 Å². The van der Waals surface area contributed by atoms with Crippen LogP contribution in [0.4, 0.5) is 11.6 Å². The van der Waals surface area contributed by atoms with Crippen LogP contribution < -0.4 is 10.2 Å². The number of hydrogen-bond donors (Lipinski definition) is 1. The highest BCUT2D eigenvalue weighted by Crippen LogP contribution is 2.41. The SMILES string of the molecule is CCNc1ncnc(N2CCC3CCCCC32)c1C(C)C. The molecule has 1 saturated carbocycles. The summed E-state index contributed by atoms with van der Waals surface area (Å²) in [6.45, 7) is 8.69. The molecule has 1 aliphatic carbocycles. The molecule has 0 aromatic carbocycles. The van der Waals surface area contributed by atoms with E-state index in [2.05, 4.69) is 36.0 Å². The summed E-state index contributed by atoms with van der Waals surface area (Å²) in [6.07, 6.45) is 8.60. The molecule has 4 nitrogen and oxygen atoms in total. The second kappa shape index (κ2) is 6.20. The maximum atomic E-state index is 4.69. The molecule has 0 radical (unpaired) electrons. The summed E-state index contributed by atoms with van der Waals surface area (Å²) in [4.78, 5) is 11.8. The van der Waals surface area contributed by atoms with Crippen molar-refractivity contribution in [3.63, 3.8) is 0 Å². The van der Waals surface area contributed by atoms with Crippen LogP contribution in [0.1, 0.15) is 64.4 Å². The van der Waals surface area contributed by atoms with Gasteiger partial charge in [0.05, 0.1) is 0 Å². The van der Waals surface area contributed by atoms with Gasteiger partial charge in [0.25, 0.3) is 0 Å². The Kier molecular flexibility index (Phi) is 4.32. The van der Waals surface area contributed by atoms with Crippen LogP contribution in [-0.4, -0.2) is 29.1 Å². The molecule has 1 saturated heterocycles. The first kappa shape index (κ1) is 14.6. The highest BCUT2D eigenvalue weighted by Gasteiger charge is 2.37. The molecular weight excluding hydrogens is 260 g/mol. The van der Waals surface area contributed by atoms with Gasteiger partial charge in [-0.2, -0.15) is 0 Å². The first-order chi connectivity index (χ1) is 10.2. The van der Waals surface area contributed by atoms with Crippen LogP contribution in [0.15, 0.2) is 6.33 Å². The molecule has 1 N–H and O–H groups in total. The van der Waals surface area contributed by atoms with Gasteiger partial charge in [0.2, 0.25) is 0 Å². The zero-order valence-electron chi connectivity index (χ0n) is 13.6. The number of anilines is 2. The van der Waals surface area contributed by atoms with E-state index in [9.17, 15) is 0 Å². The maximum Gasteiger partial charge on any atom is 0.137 e. The lowest BCUT2D eigenvalue weighted by molar-refractivity contribution is 0.341. The zero-order valence-corrected chi connectivity index (χ0v) is 13.6. The molecule has 2 unspecified atom stereocenters. The van der Waals surface area contributed by atoms with Gasteiger partial charge < -0.3 is 10.2 Å². The monoisotopic (exact) mass is 288 g/mol. The van der Waals surface area contributed by atoms with Crippen LogP contribution >= 0.6 is 0 Å². The Morgan fingerprint density at radius 2 is 2.05 bits per heavy atom. The minimum atomic E-state index is 0.442. The van der Waals surface area contributed by atoms with Gasteiger partial charge in [-0.25, -0.2) is 9.97 Å². The standard InChI is InChI=1S/C17H28N4/c1-4-18-16-15(12(2)3)17(20-11-19-16)21-10-9-13-7-5-6-8-14(13)21/h11-14H,4-10H2,1-3H3,(H,18,19,20). The molecule has 2 fully saturated rings. The van der Waals surface area contributed by atoms with Gasteiger partial charge in [0.1, 0.15) is 18.0 Å². The molecule has 116 valence electrons. The van der Waals surface area contributed by atoms with Gasteiger partial charge in [0.15, 0.2) is 0 Å². The van der Waals surface area contributed by atoms with Crippen molar-refractivity contribution in [1.29, 1.82) is 0 Å². The third-order valence-electron chi connectivity index (χ3n) is 5.07. The maximum absolute atomic E-state index is 4.69. The number of rotatable bonds is 4. The predicted octanol–water partition coefficient (Wildman–Crippen LogP) is 3.80. The van der Waals surface area contributed by atoms with Gasteiger partial charge in [0, 0.05) is 24.7 Å². The molecule has 1 aromatic heterocycles. The highest BCUT2D eigenvalue weighted by atomic mass is 15.3. The summed E-state index contributed by atoms with van der Waals surface area (Å²) in [5.74, 6) is 3.54. The van der Waals surface area contributed by atoms with E-state index in [-0.39, 0.29) is 0 Å². The molecule has 21 heavy (non-hydrogen) atoms. The molecule has 1 aliphatic heterocycles. The summed E-state index contributed by atoms with van der Waals surface area (Å²) in [5, 5.41) is 3.42. The van der Waals surface area contributed by atoms with Gasteiger partial charge in [-0.05, 0) is 38.0 Å². The lowest BCUT2D eigenvalue weighted by Crippen LogP contribution is -2.36. The van der Waals surface area contributed by atoms with Gasteiger partial charge >= 0.3 is 0 Å². The molecule has 0 amide bonds. The van der Waals surface area contributed by atoms with Crippen molar-refractivity contribution in [3.8, 4) is 0 Å². The minimum Gasteiger partial charge on any atom is -0.370 e. The highest BCUT2D eigenvalue weighted by molar-refractivity contribution is 5.61. The lowest BCUT2D eigenvalue weighted by atomic mass is 9.85. The fraction of sp³-hybridized carbons (Fsp3) is 0.765. The number of aromatic nitrogens is 2. The molecule has 0 bridgehead atoms. The Morgan fingerprint density at radius 1 is 1.24 bits per heavy atom. The minimum absolute atomic E-state index is 0.442. The second-order valence-electron chi connectivity index (χ2n) is 6.74. The fourth-order valence-electron chi connectivity index (χ4n) is 4.12. The van der Waals surface area contributed by atoms with Crippen LogP contribution in [0, 0.1) is 5.92 Å². The van der Waals surface area contributed by atoms with Crippen molar-refractivity contribution < 1.29 is 0 Å². The first-order valence-corrected chi connectivity index (χ1v) is 8.57. The molecular formula is C17H28N4. The molecule has 3 rings (SSSR count). The normalized spacial score (nSPS) is 25.2. The van der Waals surface area contributed by atoms with Crippen LogP contribution in [-0.2, 0) is 0 Å². The van der Waals surface area contributed by atoms with Gasteiger partial charge in [-0.1, -0.05) is 26.7 Å². The average Bonchev–Trinajstić information content (AvgIpc) is 2.91. The van der Waals surface area contributed by atoms with E-state index in [1.54, 1.807) is 6.33 Å². The van der Waals surface area contributed by atoms with E-state index in [1.165, 1.54) is 43.5 Å². The molecule has 1 aromatic rings. The number of hydrogen-bond acceptors (Lipinski definition) is 4. The number of fused-ring (bicyclic) bond motifs is 1. The number of nitrogens with one attached hydrogen (secondary N) is 1. The Balaban J connectivity index is 1.95. The van der Waals surface area contributed by atoms with Crippen LogP contribution in [0.5, 0.6) is 0 Å². The first-order valence-electron chi connectivity index (χ1n) is 8.57. The third-order valence-corrected chi connectivity index (χ3v) is 5.07. The average molecular weight is 288 g/mol. The predicted molar refractivity (Wildman–Crippen MR) is 88.0 cm³/mol. The van der Waals surface area contributed by atoms with Crippen LogP contribution in [0.25, 0.3) is 0 Å². The van der Waals surface area contributed by atoms with Crippen molar-refractivity contribution in [1.82, 2.24) is 9.97 Å². The number of nitrogens with zero attached hydrogens (tertiary/aromatic N) is 3. The van der Waals surface area contributed by atoms with Gasteiger partial charge in [-0.3, -0.25) is 0 Å². The van der Waals surface area contributed by atoms with E-state index < -0.39 is 0 Å². The van der Waals surface area contributed by atoms with Crippen molar-refractivity contribution in [2.75, 3.05) is 23.3 Å². The molecule has 4 heteroatoms. The Hall–Kier alpha value is -1.32. The second-order valence-corrected chi connectivity index (χ2v) is 6.74. The smallest absolute Gasteiger partial charge is 0.137 e. The van der Waals surface area contributed by atoms with E-state index in [0.717, 1.165) is 24.8 Å². The van der Waals surface area contributed by atoms with Crippen molar-refractivity contribution in [3.05, 3.63) is 11.9 Å². The fourth-order valence-corrected chi connectivity index (χ4v) is 4.12. The summed E-state index contributed by atoms with van der Waals surface area (Å²) in [6, 6.07) is 0.709. The third kappa shape index (κ3) is 2.72. The molecule has 2 atom stereocenters. The molecule has 0 spiro atoms. The van der Waals surface area contributed by atoms with E-state index in [1.807, 2.05) is 0 Å². The Labute approximate surface area is 128 Å². The lowest BCUT2D eigenvalue weighted by Gasteiger charge is -2.34. The Morgan fingerprint density at radius 3 is 2.81 bits per heavy atom. The largest absolute Gasteiger partial charge is 0.370 e. The molecule has 2 aliphatic rings. The summed E-state index contributed by atoms with van der Waals surface area (Å²) in [7, 11) is 0. The quantitative estimate of drug-likeness (QED) is 0.915. The van der Waals surface area contributed by atoms with E-state index in [0.29, 0.717) is 12.0 Å².